The topological polar surface area (TPSA) is 465 Å². The number of ether oxygens (including phenoxy) is 9. The molecular formula is C41H72N2O28S2. The van der Waals surface area contributed by atoms with Crippen molar-refractivity contribution < 1.29 is 139 Å². The molecule has 0 radical (unpaired) electrons. The zero-order valence-corrected chi connectivity index (χ0v) is 41.6. The van der Waals surface area contributed by atoms with E-state index in [0.29, 0.717) is 17.3 Å². The van der Waals surface area contributed by atoms with Crippen molar-refractivity contribution in [3.05, 3.63) is 0 Å². The molecule has 17 N–H and O–H groups in total. The molecule has 5 fully saturated rings. The summed E-state index contributed by atoms with van der Waals surface area (Å²) in [6.45, 7) is -2.61. The van der Waals surface area contributed by atoms with Gasteiger partial charge in [-0.25, -0.2) is 4.79 Å². The molecule has 0 aliphatic carbocycles. The Hall–Kier alpha value is -1.40. The molecule has 0 aromatic carbocycles. The van der Waals surface area contributed by atoms with Gasteiger partial charge in [-0.3, -0.25) is 9.63 Å². The van der Waals surface area contributed by atoms with E-state index in [-0.39, 0.29) is 6.54 Å². The number of thiol groups is 1. The van der Waals surface area contributed by atoms with Crippen LogP contribution in [0.3, 0.4) is 0 Å². The van der Waals surface area contributed by atoms with Crippen LogP contribution >= 0.6 is 24.4 Å². The Morgan fingerprint density at radius 3 is 1.85 bits per heavy atom. The average Bonchev–Trinajstić information content (AvgIpc) is 3.36. The van der Waals surface area contributed by atoms with Crippen LogP contribution in [0.15, 0.2) is 0 Å². The number of aliphatic carboxylic acids is 1. The smallest absolute Gasteiger partial charge is 0.364 e. The summed E-state index contributed by atoms with van der Waals surface area (Å²) < 4.78 is 53.4. The molecular weight excluding hydrogens is 1030 g/mol. The summed E-state index contributed by atoms with van der Waals surface area (Å²) in [6.07, 6.45) is -45.3. The first-order valence-electron chi connectivity index (χ1n) is 23.4. The second-order valence-corrected chi connectivity index (χ2v) is 19.8. The number of hydrogen-bond donors (Lipinski definition) is 18. The average molecular weight is 1110 g/mol. The highest BCUT2D eigenvalue weighted by atomic mass is 32.2. The number of carboxylic acids is 1. The van der Waals surface area contributed by atoms with Gasteiger partial charge in [-0.2, -0.15) is 29.5 Å². The Morgan fingerprint density at radius 1 is 0.712 bits per heavy atom. The molecule has 5 saturated heterocycles. The SMILES string of the molecule is CON(CCSCCS)[C@@H]1OC(CO)[C@@H](O[C@@H]2OC(CO)[C@H](O[C@@H]3OC(CO)[C@H](O)[C@H](O[C@@H]4OC(CO)[C@H](O)[C@H](O)C4O)C3NC(C)=O)[C@H](O[C@]3(C(=O)O)CC(O)[C@@H](C)[C@H]([C@H](O)[C@H](O)CO)O3)C2O)[C@H](O)C1O. The molecule has 426 valence electrons. The molecule has 5 aliphatic heterocycles. The quantitative estimate of drug-likeness (QED) is 0.0242. The van der Waals surface area contributed by atoms with Crippen molar-refractivity contribution in [2.75, 3.05) is 63.9 Å². The lowest BCUT2D eigenvalue weighted by Gasteiger charge is -2.52. The van der Waals surface area contributed by atoms with Crippen LogP contribution < -0.4 is 5.32 Å². The van der Waals surface area contributed by atoms with Crippen LogP contribution in [0, 0.1) is 5.92 Å². The zero-order valence-electron chi connectivity index (χ0n) is 39.9. The molecule has 0 aromatic rings. The van der Waals surface area contributed by atoms with Gasteiger partial charge in [0.25, 0.3) is 5.79 Å². The lowest BCUT2D eigenvalue weighted by molar-refractivity contribution is -0.405. The van der Waals surface area contributed by atoms with Crippen LogP contribution in [0.2, 0.25) is 0 Å². The largest absolute Gasteiger partial charge is 0.477 e. The van der Waals surface area contributed by atoms with Gasteiger partial charge in [-0.15, -0.1) is 0 Å². The molecule has 9 unspecified atom stereocenters. The van der Waals surface area contributed by atoms with Gasteiger partial charge >= 0.3 is 5.97 Å². The van der Waals surface area contributed by atoms with Crippen molar-refractivity contribution in [3.63, 3.8) is 0 Å². The second kappa shape index (κ2) is 28.0. The standard InChI is InChI=1S/C41H72N2O28S2/c1-14-16(50)8-41(40(60)61,70-31(14)23(52)17(51)9-44)71-35-30(59)39(67-32-20(12-47)63-36(28(57)27(32)56)43(62-3)4-6-73-7-5-72)66-21(13-48)33(35)68-37-22(42-15(2)49)34(25(54)19(11-46)64-37)69-38-29(58)26(55)24(53)18(10-45)65-38/h14,16-39,44-48,50-59,72H,4-13H2,1-3H3,(H,42,49)(H,60,61)/t14-,16?,17-,18?,19?,20?,21?,22?,23-,24+,25+,26+,27-,28?,29?,30?,31-,32-,33+,34-,35-,36-,37+,38+,39+,41+/m1/s1. The number of nitrogens with zero attached hydrogens (tertiary/aromatic N) is 1. The summed E-state index contributed by atoms with van der Waals surface area (Å²) in [6, 6.07) is -1.82. The number of hydroxylamine groups is 2. The number of carbonyl (C=O) groups excluding carboxylic acids is 1. The van der Waals surface area contributed by atoms with Crippen LogP contribution in [-0.2, 0) is 57.1 Å². The van der Waals surface area contributed by atoms with E-state index in [9.17, 15) is 91.3 Å². The fraction of sp³-hybridized carbons (Fsp3) is 0.951. The minimum absolute atomic E-state index is 0.153. The number of aliphatic hydroxyl groups excluding tert-OH is 15. The maximum absolute atomic E-state index is 13.4. The van der Waals surface area contributed by atoms with Crippen LogP contribution in [0.25, 0.3) is 0 Å². The number of carbonyl (C=O) groups is 2. The van der Waals surface area contributed by atoms with Crippen molar-refractivity contribution in [1.82, 2.24) is 10.4 Å². The summed E-state index contributed by atoms with van der Waals surface area (Å²) >= 11 is 5.67. The molecule has 30 nitrogen and oxygen atoms in total. The predicted octanol–water partition coefficient (Wildman–Crippen LogP) is -9.77. The Morgan fingerprint density at radius 2 is 1.27 bits per heavy atom. The van der Waals surface area contributed by atoms with Crippen LogP contribution in [0.1, 0.15) is 20.3 Å². The second-order valence-electron chi connectivity index (χ2n) is 18.1. The van der Waals surface area contributed by atoms with Crippen molar-refractivity contribution in [1.29, 1.82) is 0 Å². The lowest BCUT2D eigenvalue weighted by Crippen LogP contribution is -2.71. The first kappa shape index (κ1) is 62.4. The number of thioether (sulfide) groups is 1. The third-order valence-electron chi connectivity index (χ3n) is 13.3. The predicted molar refractivity (Wildman–Crippen MR) is 241 cm³/mol. The number of carboxylic acid groups (broad SMARTS) is 1. The number of nitrogens with one attached hydrogen (secondary N) is 1. The highest BCUT2D eigenvalue weighted by Gasteiger charge is 2.61. The summed E-state index contributed by atoms with van der Waals surface area (Å²) in [7, 11) is 1.27. The molecule has 0 bridgehead atoms. The Labute approximate surface area is 427 Å². The third kappa shape index (κ3) is 14.1. The Bertz CT molecular complexity index is 1710. The van der Waals surface area contributed by atoms with Crippen LogP contribution in [0.5, 0.6) is 0 Å². The zero-order chi connectivity index (χ0) is 54.2. The Kier molecular flexibility index (Phi) is 23.9. The van der Waals surface area contributed by atoms with E-state index in [1.165, 1.54) is 30.9 Å². The molecule has 5 rings (SSSR count). The lowest BCUT2D eigenvalue weighted by atomic mass is 9.84. The molecule has 26 atom stereocenters. The van der Waals surface area contributed by atoms with E-state index < -0.39 is 210 Å². The fourth-order valence-corrected chi connectivity index (χ4v) is 10.2. The van der Waals surface area contributed by atoms with Crippen molar-refractivity contribution >= 4 is 36.3 Å². The molecule has 5 aliphatic rings. The summed E-state index contributed by atoms with van der Waals surface area (Å²) in [4.78, 5) is 31.7. The molecule has 5 heterocycles. The number of rotatable bonds is 24. The highest BCUT2D eigenvalue weighted by Crippen LogP contribution is 2.42. The van der Waals surface area contributed by atoms with Gasteiger partial charge in [0.1, 0.15) is 110 Å². The van der Waals surface area contributed by atoms with Crippen molar-refractivity contribution in [2.24, 2.45) is 5.92 Å². The normalized spacial score (nSPS) is 44.4. The molecule has 0 aromatic heterocycles. The summed E-state index contributed by atoms with van der Waals surface area (Å²) in [5.41, 5.74) is 0. The first-order chi connectivity index (χ1) is 34.6. The van der Waals surface area contributed by atoms with Gasteiger partial charge in [0, 0.05) is 37.3 Å². The van der Waals surface area contributed by atoms with Crippen molar-refractivity contribution in [3.8, 4) is 0 Å². The minimum atomic E-state index is -3.16. The number of hydrogen-bond acceptors (Lipinski definition) is 30. The molecule has 73 heavy (non-hydrogen) atoms. The van der Waals surface area contributed by atoms with Crippen LogP contribution in [-0.4, -0.2) is 315 Å². The van der Waals surface area contributed by atoms with E-state index in [2.05, 4.69) is 17.9 Å². The van der Waals surface area contributed by atoms with Gasteiger partial charge < -0.3 is 130 Å². The van der Waals surface area contributed by atoms with Crippen molar-refractivity contribution in [2.45, 2.75) is 173 Å². The maximum Gasteiger partial charge on any atom is 0.364 e. The molecule has 1 amide bonds. The van der Waals surface area contributed by atoms with Gasteiger partial charge in [0.2, 0.25) is 5.91 Å². The third-order valence-corrected chi connectivity index (χ3v) is 14.8. The number of aliphatic hydroxyl groups is 15. The van der Waals surface area contributed by atoms with Gasteiger partial charge in [0.15, 0.2) is 25.1 Å². The van der Waals surface area contributed by atoms with Crippen LogP contribution in [0.4, 0.5) is 0 Å². The van der Waals surface area contributed by atoms with E-state index in [1.54, 1.807) is 0 Å². The first-order valence-corrected chi connectivity index (χ1v) is 25.2. The summed E-state index contributed by atoms with van der Waals surface area (Å²) in [5.74, 6) is -5.53. The van der Waals surface area contributed by atoms with Gasteiger partial charge in [-0.1, -0.05) is 6.92 Å². The van der Waals surface area contributed by atoms with E-state index >= 15 is 0 Å². The van der Waals surface area contributed by atoms with E-state index in [1.807, 2.05) is 0 Å². The molecule has 0 spiro atoms. The summed E-state index contributed by atoms with van der Waals surface area (Å²) in [5, 5.41) is 177. The molecule has 0 saturated carbocycles. The van der Waals surface area contributed by atoms with E-state index in [4.69, 9.17) is 47.5 Å². The minimum Gasteiger partial charge on any atom is -0.477 e. The highest BCUT2D eigenvalue weighted by molar-refractivity contribution is 8.00. The fourth-order valence-electron chi connectivity index (χ4n) is 9.19. The maximum atomic E-state index is 13.4. The van der Waals surface area contributed by atoms with Gasteiger partial charge in [0.05, 0.1) is 52.4 Å². The van der Waals surface area contributed by atoms with Gasteiger partial charge in [-0.05, 0) is 5.75 Å². The Balaban J connectivity index is 1.56. The number of amides is 1. The monoisotopic (exact) mass is 1100 g/mol. The molecule has 32 heteroatoms. The van der Waals surface area contributed by atoms with E-state index in [0.717, 1.165) is 6.92 Å².